The van der Waals surface area contributed by atoms with E-state index in [4.69, 9.17) is 4.74 Å². The number of epoxide rings is 1. The maximum Gasteiger partial charge on any atom is 0.197 e. The second-order valence-corrected chi connectivity index (χ2v) is 8.98. The second-order valence-electron chi connectivity index (χ2n) is 7.99. The topological polar surface area (TPSA) is 74.6 Å². The van der Waals surface area contributed by atoms with E-state index in [2.05, 4.69) is 27.3 Å². The molecule has 1 atom stereocenters. The van der Waals surface area contributed by atoms with Crippen LogP contribution in [0, 0.1) is 6.92 Å². The van der Waals surface area contributed by atoms with E-state index in [1.165, 1.54) is 47.9 Å². The predicted octanol–water partition coefficient (Wildman–Crippen LogP) is 4.95. The monoisotopic (exact) mass is 409 g/mol. The van der Waals surface area contributed by atoms with Gasteiger partial charge >= 0.3 is 0 Å². The van der Waals surface area contributed by atoms with Crippen LogP contribution in [0.5, 0.6) is 0 Å². The Labute approximate surface area is 173 Å². The van der Waals surface area contributed by atoms with Crippen LogP contribution in [-0.4, -0.2) is 37.4 Å². The molecule has 7 heteroatoms. The van der Waals surface area contributed by atoms with Crippen molar-refractivity contribution in [1.29, 1.82) is 0 Å². The third-order valence-electron chi connectivity index (χ3n) is 5.89. The fourth-order valence-electron chi connectivity index (χ4n) is 4.50. The lowest BCUT2D eigenvalue weighted by molar-refractivity contribution is 0.0954. The Morgan fingerprint density at radius 2 is 1.79 bits per heavy atom. The van der Waals surface area contributed by atoms with Crippen molar-refractivity contribution in [2.45, 2.75) is 45.6 Å². The average Bonchev–Trinajstić information content (AvgIpc) is 3.50. The van der Waals surface area contributed by atoms with E-state index in [-0.39, 0.29) is 11.6 Å². The Morgan fingerprint density at radius 3 is 2.38 bits per heavy atom. The number of carbonyl (C=O) groups is 2. The number of ether oxygens (including phenoxy) is 1. The number of hydrogen-bond acceptors (Lipinski definition) is 7. The molecule has 0 amide bonds. The van der Waals surface area contributed by atoms with Gasteiger partial charge in [-0.25, -0.2) is 0 Å². The molecule has 0 radical (unpaired) electrons. The van der Waals surface area contributed by atoms with Crippen LogP contribution in [0.15, 0.2) is 22.4 Å². The number of hydrogen-bond donors (Lipinski definition) is 0. The first-order valence-corrected chi connectivity index (χ1v) is 11.0. The lowest BCUT2D eigenvalue weighted by Gasteiger charge is -2.36. The average molecular weight is 410 g/mol. The van der Waals surface area contributed by atoms with E-state index in [0.717, 1.165) is 31.6 Å². The first-order chi connectivity index (χ1) is 14.0. The molecule has 1 fully saturated rings. The number of anilines is 1. The highest BCUT2D eigenvalue weighted by Gasteiger charge is 2.36. The summed E-state index contributed by atoms with van der Waals surface area (Å²) in [5, 5.41) is 9.43. The molecule has 1 unspecified atom stereocenters. The first kappa shape index (κ1) is 18.6. The number of thiophene rings is 1. The molecule has 1 aromatic heterocycles. The highest BCUT2D eigenvalue weighted by atomic mass is 32.1. The smallest absolute Gasteiger partial charge is 0.197 e. The van der Waals surface area contributed by atoms with Gasteiger partial charge in [-0.3, -0.25) is 9.59 Å². The van der Waals surface area contributed by atoms with Gasteiger partial charge in [0.05, 0.1) is 22.7 Å². The van der Waals surface area contributed by atoms with Gasteiger partial charge in [0.2, 0.25) is 0 Å². The molecular weight excluding hydrogens is 386 g/mol. The summed E-state index contributed by atoms with van der Waals surface area (Å²) in [6.07, 6.45) is 4.06. The van der Waals surface area contributed by atoms with Crippen molar-refractivity contribution < 1.29 is 14.3 Å². The highest BCUT2D eigenvalue weighted by Crippen LogP contribution is 2.41. The first-order valence-electron chi connectivity index (χ1n) is 10.2. The molecule has 29 heavy (non-hydrogen) atoms. The number of ketones is 2. The summed E-state index contributed by atoms with van der Waals surface area (Å²) in [5.74, 6) is -0.158. The zero-order chi connectivity index (χ0) is 20.1. The zero-order valence-electron chi connectivity index (χ0n) is 16.7. The van der Waals surface area contributed by atoms with Gasteiger partial charge in [-0.1, -0.05) is 0 Å². The molecule has 0 bridgehead atoms. The molecule has 4 heterocycles. The fourth-order valence-corrected chi connectivity index (χ4v) is 5.53. The molecule has 0 aliphatic carbocycles. The van der Waals surface area contributed by atoms with Gasteiger partial charge in [-0.2, -0.15) is 0 Å². The Balaban J connectivity index is 1.53. The molecule has 0 spiro atoms. The van der Waals surface area contributed by atoms with Crippen molar-refractivity contribution >= 4 is 39.3 Å². The van der Waals surface area contributed by atoms with Crippen LogP contribution in [0.3, 0.4) is 0 Å². The predicted molar refractivity (Wildman–Crippen MR) is 113 cm³/mol. The molecule has 5 rings (SSSR count). The lowest BCUT2D eigenvalue weighted by atomic mass is 9.91. The Hall–Kier alpha value is -2.38. The number of azo groups is 1. The number of rotatable bonds is 5. The maximum atomic E-state index is 12.7. The Bertz CT molecular complexity index is 1020. The van der Waals surface area contributed by atoms with Crippen molar-refractivity contribution in [3.63, 3.8) is 0 Å². The van der Waals surface area contributed by atoms with Crippen LogP contribution < -0.4 is 4.90 Å². The van der Waals surface area contributed by atoms with Gasteiger partial charge in [-0.15, -0.1) is 21.6 Å². The van der Waals surface area contributed by atoms with Crippen molar-refractivity contribution in [2.75, 3.05) is 24.6 Å². The van der Waals surface area contributed by atoms with E-state index in [9.17, 15) is 9.59 Å². The van der Waals surface area contributed by atoms with Crippen LogP contribution in [0.2, 0.25) is 0 Å². The van der Waals surface area contributed by atoms with E-state index in [1.54, 1.807) is 6.92 Å². The number of Topliss-reactive ketones (excluding diaryl/α,β-unsaturated/α-hetero) is 2. The molecule has 2 aromatic rings. The number of benzene rings is 1. The summed E-state index contributed by atoms with van der Waals surface area (Å²) in [6.45, 7) is 6.03. The summed E-state index contributed by atoms with van der Waals surface area (Å²) < 4.78 is 5.17. The van der Waals surface area contributed by atoms with Gasteiger partial charge in [0.15, 0.2) is 16.6 Å². The summed E-state index contributed by atoms with van der Waals surface area (Å²) in [4.78, 5) is 27.7. The summed E-state index contributed by atoms with van der Waals surface area (Å²) >= 11 is 1.24. The number of aryl methyl sites for hydroxylation is 2. The summed E-state index contributed by atoms with van der Waals surface area (Å²) in [7, 11) is 0. The molecular formula is C22H23N3O3S. The summed E-state index contributed by atoms with van der Waals surface area (Å²) in [6, 6.07) is 4.25. The van der Waals surface area contributed by atoms with Gasteiger partial charge in [0.25, 0.3) is 0 Å². The van der Waals surface area contributed by atoms with Crippen LogP contribution in [-0.2, 0) is 17.6 Å². The molecule has 150 valence electrons. The van der Waals surface area contributed by atoms with Crippen LogP contribution in [0.4, 0.5) is 16.4 Å². The van der Waals surface area contributed by atoms with E-state index in [1.807, 2.05) is 0 Å². The van der Waals surface area contributed by atoms with Crippen LogP contribution >= 0.6 is 11.3 Å². The SMILES string of the molecule is CC(=O)c1sc(N=Nc2cc3c4c(c2)CCCN4CCC3)c(C(=O)C2CO2)c1C. The van der Waals surface area contributed by atoms with Gasteiger partial charge in [0, 0.05) is 18.8 Å². The van der Waals surface area contributed by atoms with Crippen molar-refractivity contribution in [2.24, 2.45) is 10.2 Å². The molecule has 3 aliphatic heterocycles. The van der Waals surface area contributed by atoms with E-state index in [0.29, 0.717) is 27.6 Å². The number of carbonyl (C=O) groups excluding carboxylic acids is 2. The van der Waals surface area contributed by atoms with E-state index >= 15 is 0 Å². The molecule has 1 saturated heterocycles. The van der Waals surface area contributed by atoms with Crippen molar-refractivity contribution in [3.8, 4) is 0 Å². The van der Waals surface area contributed by atoms with Crippen molar-refractivity contribution in [1.82, 2.24) is 0 Å². The largest absolute Gasteiger partial charge is 0.371 e. The summed E-state index contributed by atoms with van der Waals surface area (Å²) in [5.41, 5.74) is 6.08. The quantitative estimate of drug-likeness (QED) is 0.398. The minimum absolute atomic E-state index is 0.0574. The molecule has 1 aromatic carbocycles. The normalized spacial score (nSPS) is 20.1. The third kappa shape index (κ3) is 3.32. The molecule has 0 saturated carbocycles. The molecule has 0 N–H and O–H groups in total. The lowest BCUT2D eigenvalue weighted by Crippen LogP contribution is -2.34. The van der Waals surface area contributed by atoms with Gasteiger partial charge in [-0.05, 0) is 68.4 Å². The fraction of sp³-hybridized carbons (Fsp3) is 0.455. The second kappa shape index (κ2) is 7.15. The highest BCUT2D eigenvalue weighted by molar-refractivity contribution is 7.18. The Kier molecular flexibility index (Phi) is 4.59. The minimum atomic E-state index is -0.406. The minimum Gasteiger partial charge on any atom is -0.371 e. The van der Waals surface area contributed by atoms with Gasteiger partial charge < -0.3 is 9.64 Å². The van der Waals surface area contributed by atoms with Gasteiger partial charge in [0.1, 0.15) is 6.10 Å². The van der Waals surface area contributed by atoms with Crippen molar-refractivity contribution in [3.05, 3.63) is 39.3 Å². The molecule has 3 aliphatic rings. The standard InChI is InChI=1S/C22H23N3O3S/c1-12-18(20(27)17-11-28-17)22(29-21(12)13(2)26)24-23-16-9-14-5-3-7-25-8-4-6-15(10-16)19(14)25/h9-10,17H,3-8,11H2,1-2H3. The van der Waals surface area contributed by atoms with Crippen LogP contribution in [0.25, 0.3) is 0 Å². The third-order valence-corrected chi connectivity index (χ3v) is 7.17. The zero-order valence-corrected chi connectivity index (χ0v) is 17.5. The molecule has 6 nitrogen and oxygen atoms in total. The number of nitrogens with zero attached hydrogens (tertiary/aromatic N) is 3. The van der Waals surface area contributed by atoms with Crippen LogP contribution in [0.1, 0.15) is 56.5 Å². The Morgan fingerprint density at radius 1 is 1.14 bits per heavy atom. The van der Waals surface area contributed by atoms with E-state index < -0.39 is 6.10 Å². The maximum absolute atomic E-state index is 12.7.